The van der Waals surface area contributed by atoms with Crippen molar-refractivity contribution in [2.45, 2.75) is 76.7 Å². The van der Waals surface area contributed by atoms with Crippen LogP contribution in [0.1, 0.15) is 76.7 Å². The summed E-state index contributed by atoms with van der Waals surface area (Å²) in [6.45, 7) is 3.00. The summed E-state index contributed by atoms with van der Waals surface area (Å²) in [5, 5.41) is 20.2. The Hall–Kier alpha value is -2.33. The zero-order valence-corrected chi connectivity index (χ0v) is 18.7. The SMILES string of the molecule is CCCCCCCCOc1ccc(-c2ccc(C3(O)CCC(C(=O)O)CC3)cc2)cc1. The number of ether oxygens (including phenoxy) is 1. The topological polar surface area (TPSA) is 66.8 Å². The van der Waals surface area contributed by atoms with Gasteiger partial charge in [-0.15, -0.1) is 0 Å². The molecule has 0 spiro atoms. The van der Waals surface area contributed by atoms with E-state index in [1.807, 2.05) is 36.4 Å². The van der Waals surface area contributed by atoms with E-state index in [1.54, 1.807) is 0 Å². The van der Waals surface area contributed by atoms with Gasteiger partial charge in [-0.2, -0.15) is 0 Å². The summed E-state index contributed by atoms with van der Waals surface area (Å²) in [6.07, 6.45) is 9.58. The average Bonchev–Trinajstić information content (AvgIpc) is 2.79. The second kappa shape index (κ2) is 11.3. The van der Waals surface area contributed by atoms with Crippen LogP contribution in [0.5, 0.6) is 5.75 Å². The molecule has 0 heterocycles. The Morgan fingerprint density at radius 2 is 1.45 bits per heavy atom. The highest BCUT2D eigenvalue weighted by atomic mass is 16.5. The molecule has 0 radical (unpaired) electrons. The molecule has 0 unspecified atom stereocenters. The van der Waals surface area contributed by atoms with Gasteiger partial charge in [0.15, 0.2) is 0 Å². The van der Waals surface area contributed by atoms with E-state index in [2.05, 4.69) is 19.1 Å². The van der Waals surface area contributed by atoms with Crippen molar-refractivity contribution in [3.8, 4) is 16.9 Å². The third-order valence-corrected chi connectivity index (χ3v) is 6.54. The largest absolute Gasteiger partial charge is 0.494 e. The van der Waals surface area contributed by atoms with Crippen molar-refractivity contribution in [1.82, 2.24) is 0 Å². The number of carboxylic acids is 1. The van der Waals surface area contributed by atoms with Crippen molar-refractivity contribution >= 4 is 5.97 Å². The number of aliphatic carboxylic acids is 1. The molecule has 0 atom stereocenters. The monoisotopic (exact) mass is 424 g/mol. The van der Waals surface area contributed by atoms with E-state index in [9.17, 15) is 15.0 Å². The van der Waals surface area contributed by atoms with Gasteiger partial charge in [-0.3, -0.25) is 4.79 Å². The first-order valence-corrected chi connectivity index (χ1v) is 11.8. The molecule has 0 aromatic heterocycles. The van der Waals surface area contributed by atoms with Crippen LogP contribution in [0.15, 0.2) is 48.5 Å². The predicted molar refractivity (Wildman–Crippen MR) is 124 cm³/mol. The number of carbonyl (C=O) groups is 1. The molecular formula is C27H36O4. The summed E-state index contributed by atoms with van der Waals surface area (Å²) in [6, 6.07) is 16.2. The zero-order chi connectivity index (χ0) is 22.1. The molecule has 1 fully saturated rings. The Kier molecular flexibility index (Phi) is 8.53. The van der Waals surface area contributed by atoms with E-state index in [-0.39, 0.29) is 5.92 Å². The van der Waals surface area contributed by atoms with Gasteiger partial charge in [-0.05, 0) is 60.9 Å². The number of aliphatic hydroxyl groups is 1. The van der Waals surface area contributed by atoms with Crippen molar-refractivity contribution in [2.75, 3.05) is 6.61 Å². The van der Waals surface area contributed by atoms with Crippen LogP contribution in [-0.4, -0.2) is 22.8 Å². The number of hydrogen-bond acceptors (Lipinski definition) is 3. The molecule has 4 heteroatoms. The Labute approximate surface area is 186 Å². The fourth-order valence-electron chi connectivity index (χ4n) is 4.42. The Morgan fingerprint density at radius 1 is 0.903 bits per heavy atom. The lowest BCUT2D eigenvalue weighted by atomic mass is 9.75. The zero-order valence-electron chi connectivity index (χ0n) is 18.7. The highest BCUT2D eigenvalue weighted by molar-refractivity contribution is 5.70. The highest BCUT2D eigenvalue weighted by Gasteiger charge is 2.36. The Morgan fingerprint density at radius 3 is 2.03 bits per heavy atom. The standard InChI is InChI=1S/C27H36O4/c1-2-3-4-5-6-7-20-31-25-14-10-22(11-15-25)21-8-12-24(13-9-21)27(30)18-16-23(17-19-27)26(28)29/h8-15,23,30H,2-7,16-20H2,1H3,(H,28,29). The van der Waals surface area contributed by atoms with Crippen molar-refractivity contribution in [3.05, 3.63) is 54.1 Å². The maximum absolute atomic E-state index is 11.2. The molecular weight excluding hydrogens is 388 g/mol. The van der Waals surface area contributed by atoms with E-state index >= 15 is 0 Å². The van der Waals surface area contributed by atoms with Gasteiger partial charge in [0.05, 0.1) is 18.1 Å². The quantitative estimate of drug-likeness (QED) is 0.401. The lowest BCUT2D eigenvalue weighted by molar-refractivity contribution is -0.145. The Balaban J connectivity index is 1.50. The third kappa shape index (κ3) is 6.57. The van der Waals surface area contributed by atoms with Gasteiger partial charge in [0.1, 0.15) is 5.75 Å². The second-order valence-electron chi connectivity index (χ2n) is 8.86. The summed E-state index contributed by atoms with van der Waals surface area (Å²) >= 11 is 0. The van der Waals surface area contributed by atoms with E-state index in [0.717, 1.165) is 35.5 Å². The minimum atomic E-state index is -0.918. The summed E-state index contributed by atoms with van der Waals surface area (Å²) in [4.78, 5) is 11.2. The first kappa shape index (κ1) is 23.3. The Bertz CT molecular complexity index is 802. The molecule has 168 valence electrons. The van der Waals surface area contributed by atoms with E-state index < -0.39 is 11.6 Å². The maximum Gasteiger partial charge on any atom is 0.306 e. The summed E-state index contributed by atoms with van der Waals surface area (Å²) < 4.78 is 5.87. The minimum absolute atomic E-state index is 0.332. The first-order valence-electron chi connectivity index (χ1n) is 11.8. The first-order chi connectivity index (χ1) is 15.0. The smallest absolute Gasteiger partial charge is 0.306 e. The van der Waals surface area contributed by atoms with Crippen LogP contribution >= 0.6 is 0 Å². The van der Waals surface area contributed by atoms with Gasteiger partial charge in [0.2, 0.25) is 0 Å². The molecule has 4 nitrogen and oxygen atoms in total. The van der Waals surface area contributed by atoms with E-state index in [1.165, 1.54) is 32.1 Å². The van der Waals surface area contributed by atoms with Gasteiger partial charge < -0.3 is 14.9 Å². The fraction of sp³-hybridized carbons (Fsp3) is 0.519. The van der Waals surface area contributed by atoms with Gasteiger partial charge in [-0.1, -0.05) is 75.4 Å². The average molecular weight is 425 g/mol. The van der Waals surface area contributed by atoms with Crippen LogP contribution < -0.4 is 4.74 Å². The van der Waals surface area contributed by atoms with Crippen molar-refractivity contribution < 1.29 is 19.7 Å². The molecule has 0 amide bonds. The molecule has 31 heavy (non-hydrogen) atoms. The normalized spacial score (nSPS) is 21.0. The highest BCUT2D eigenvalue weighted by Crippen LogP contribution is 2.40. The van der Waals surface area contributed by atoms with Crippen LogP contribution in [-0.2, 0) is 10.4 Å². The van der Waals surface area contributed by atoms with Crippen LogP contribution in [0.2, 0.25) is 0 Å². The molecule has 1 saturated carbocycles. The number of benzene rings is 2. The van der Waals surface area contributed by atoms with Gasteiger partial charge in [0, 0.05) is 0 Å². The fourth-order valence-corrected chi connectivity index (χ4v) is 4.42. The molecule has 1 aliphatic rings. The number of rotatable bonds is 11. The number of carboxylic acid groups (broad SMARTS) is 1. The van der Waals surface area contributed by atoms with E-state index in [0.29, 0.717) is 25.7 Å². The van der Waals surface area contributed by atoms with Gasteiger partial charge in [-0.25, -0.2) is 0 Å². The molecule has 2 aromatic rings. The lowest BCUT2D eigenvalue weighted by Gasteiger charge is -2.35. The predicted octanol–water partition coefficient (Wildman–Crippen LogP) is 6.56. The lowest BCUT2D eigenvalue weighted by Crippen LogP contribution is -2.33. The van der Waals surface area contributed by atoms with Crippen molar-refractivity contribution in [2.24, 2.45) is 5.92 Å². The third-order valence-electron chi connectivity index (χ3n) is 6.54. The molecule has 0 aliphatic heterocycles. The minimum Gasteiger partial charge on any atom is -0.494 e. The summed E-state index contributed by atoms with van der Waals surface area (Å²) in [5.41, 5.74) is 2.16. The number of hydrogen-bond donors (Lipinski definition) is 2. The van der Waals surface area contributed by atoms with Crippen molar-refractivity contribution in [1.29, 1.82) is 0 Å². The van der Waals surface area contributed by atoms with Crippen LogP contribution in [0, 0.1) is 5.92 Å². The van der Waals surface area contributed by atoms with Crippen LogP contribution in [0.4, 0.5) is 0 Å². The van der Waals surface area contributed by atoms with E-state index in [4.69, 9.17) is 4.74 Å². The van der Waals surface area contributed by atoms with Crippen LogP contribution in [0.25, 0.3) is 11.1 Å². The van der Waals surface area contributed by atoms with Gasteiger partial charge >= 0.3 is 5.97 Å². The molecule has 2 aromatic carbocycles. The van der Waals surface area contributed by atoms with Gasteiger partial charge in [0.25, 0.3) is 0 Å². The summed E-state index contributed by atoms with van der Waals surface area (Å²) in [5.74, 6) is -0.184. The molecule has 3 rings (SSSR count). The summed E-state index contributed by atoms with van der Waals surface area (Å²) in [7, 11) is 0. The maximum atomic E-state index is 11.2. The van der Waals surface area contributed by atoms with Crippen LogP contribution in [0.3, 0.4) is 0 Å². The second-order valence-corrected chi connectivity index (χ2v) is 8.86. The van der Waals surface area contributed by atoms with Crippen molar-refractivity contribution in [3.63, 3.8) is 0 Å². The molecule has 1 aliphatic carbocycles. The molecule has 0 bridgehead atoms. The molecule has 2 N–H and O–H groups in total. The number of unbranched alkanes of at least 4 members (excludes halogenated alkanes) is 5. The molecule has 0 saturated heterocycles.